The number of benzene rings is 2. The van der Waals surface area contributed by atoms with Crippen molar-refractivity contribution in [2.75, 3.05) is 36.5 Å². The van der Waals surface area contributed by atoms with E-state index in [0.29, 0.717) is 18.9 Å². The molecule has 0 bridgehead atoms. The lowest BCUT2D eigenvalue weighted by Crippen LogP contribution is -2.37. The third-order valence-electron chi connectivity index (χ3n) is 5.43. The number of carbonyl (C=O) groups is 1. The van der Waals surface area contributed by atoms with E-state index in [1.165, 1.54) is 19.1 Å². The largest absolute Gasteiger partial charge is 0.378 e. The third kappa shape index (κ3) is 3.80. The minimum absolute atomic E-state index is 0.124. The first-order valence-corrected chi connectivity index (χ1v) is 10.4. The van der Waals surface area contributed by atoms with Gasteiger partial charge in [-0.2, -0.15) is 0 Å². The van der Waals surface area contributed by atoms with Gasteiger partial charge in [0.1, 0.15) is 5.82 Å². The Kier molecular flexibility index (Phi) is 5.28. The van der Waals surface area contributed by atoms with Gasteiger partial charge in [0.15, 0.2) is 11.5 Å². The van der Waals surface area contributed by atoms with E-state index in [-0.39, 0.29) is 11.7 Å². The molecule has 3 heterocycles. The highest BCUT2D eigenvalue weighted by Gasteiger charge is 2.22. The number of nitrogens with one attached hydrogen (secondary N) is 1. The Labute approximate surface area is 184 Å². The zero-order chi connectivity index (χ0) is 22.1. The number of rotatable bonds is 4. The van der Waals surface area contributed by atoms with Crippen molar-refractivity contribution in [1.29, 1.82) is 0 Å². The molecule has 8 heteroatoms. The summed E-state index contributed by atoms with van der Waals surface area (Å²) in [6, 6.07) is 13.9. The van der Waals surface area contributed by atoms with Gasteiger partial charge in [0, 0.05) is 49.2 Å². The number of ether oxygens (including phenoxy) is 1. The van der Waals surface area contributed by atoms with E-state index < -0.39 is 0 Å². The number of carbonyl (C=O) groups excluding carboxylic acids is 1. The topological polar surface area (TPSA) is 71.8 Å². The first-order chi connectivity index (χ1) is 15.6. The standard InChI is InChI=1S/C24H22FN5O2/c1-16(31)27-20-8-4-18(5-9-20)22-21(17-2-6-19(25)7-3-17)28-24-23(26-10-11-30(22)24)29-12-14-32-15-13-29/h2-11H,12-15H2,1H3,(H,27,31). The summed E-state index contributed by atoms with van der Waals surface area (Å²) in [5, 5.41) is 2.79. The molecule has 0 radical (unpaired) electrons. The zero-order valence-corrected chi connectivity index (χ0v) is 17.6. The number of morpholine rings is 1. The van der Waals surface area contributed by atoms with Crippen LogP contribution in [0.4, 0.5) is 15.9 Å². The molecule has 2 aromatic heterocycles. The maximum absolute atomic E-state index is 13.6. The molecule has 1 aliphatic rings. The van der Waals surface area contributed by atoms with Crippen LogP contribution < -0.4 is 10.2 Å². The number of amides is 1. The van der Waals surface area contributed by atoms with Crippen LogP contribution in [0.25, 0.3) is 28.2 Å². The lowest BCUT2D eigenvalue weighted by molar-refractivity contribution is -0.114. The van der Waals surface area contributed by atoms with E-state index in [1.54, 1.807) is 18.3 Å². The molecule has 1 N–H and O–H groups in total. The molecule has 5 rings (SSSR count). The van der Waals surface area contributed by atoms with Crippen molar-refractivity contribution in [3.05, 3.63) is 66.7 Å². The van der Waals surface area contributed by atoms with Crippen molar-refractivity contribution in [3.63, 3.8) is 0 Å². The molecule has 1 amide bonds. The van der Waals surface area contributed by atoms with Crippen molar-refractivity contribution >= 4 is 23.1 Å². The molecule has 32 heavy (non-hydrogen) atoms. The zero-order valence-electron chi connectivity index (χ0n) is 17.6. The minimum Gasteiger partial charge on any atom is -0.378 e. The molecule has 4 aromatic rings. The average molecular weight is 431 g/mol. The molecular formula is C24H22FN5O2. The maximum Gasteiger partial charge on any atom is 0.221 e. The van der Waals surface area contributed by atoms with Crippen LogP contribution in [0.2, 0.25) is 0 Å². The fraction of sp³-hybridized carbons (Fsp3) is 0.208. The summed E-state index contributed by atoms with van der Waals surface area (Å²) in [5.74, 6) is 0.371. The average Bonchev–Trinajstić information content (AvgIpc) is 3.20. The quantitative estimate of drug-likeness (QED) is 0.529. The third-order valence-corrected chi connectivity index (χ3v) is 5.43. The number of fused-ring (bicyclic) bond motifs is 1. The fourth-order valence-electron chi connectivity index (χ4n) is 3.96. The first-order valence-electron chi connectivity index (χ1n) is 10.4. The van der Waals surface area contributed by atoms with Crippen molar-refractivity contribution < 1.29 is 13.9 Å². The minimum atomic E-state index is -0.297. The van der Waals surface area contributed by atoms with Crippen LogP contribution in [-0.2, 0) is 9.53 Å². The van der Waals surface area contributed by atoms with Gasteiger partial charge in [-0.05, 0) is 36.4 Å². The SMILES string of the molecule is CC(=O)Nc1ccc(-c2c(-c3ccc(F)cc3)nc3c(N4CCOCC4)nccn23)cc1. The molecule has 7 nitrogen and oxygen atoms in total. The molecule has 0 spiro atoms. The number of nitrogens with zero attached hydrogens (tertiary/aromatic N) is 4. The van der Waals surface area contributed by atoms with Gasteiger partial charge in [0.05, 0.1) is 24.6 Å². The van der Waals surface area contributed by atoms with Crippen molar-refractivity contribution in [3.8, 4) is 22.5 Å². The van der Waals surface area contributed by atoms with Gasteiger partial charge in [-0.1, -0.05) is 12.1 Å². The highest BCUT2D eigenvalue weighted by molar-refractivity contribution is 5.90. The van der Waals surface area contributed by atoms with Crippen molar-refractivity contribution in [1.82, 2.24) is 14.4 Å². The summed E-state index contributed by atoms with van der Waals surface area (Å²) < 4.78 is 21.1. The van der Waals surface area contributed by atoms with E-state index in [0.717, 1.165) is 47.1 Å². The Hall–Kier alpha value is -3.78. The van der Waals surface area contributed by atoms with Gasteiger partial charge < -0.3 is 15.0 Å². The highest BCUT2D eigenvalue weighted by atomic mass is 19.1. The second kappa shape index (κ2) is 8.39. The van der Waals surface area contributed by atoms with E-state index in [9.17, 15) is 9.18 Å². The van der Waals surface area contributed by atoms with Gasteiger partial charge in [0.25, 0.3) is 0 Å². The van der Waals surface area contributed by atoms with Crippen LogP contribution in [0.3, 0.4) is 0 Å². The predicted molar refractivity (Wildman–Crippen MR) is 121 cm³/mol. The number of hydrogen-bond donors (Lipinski definition) is 1. The first kappa shape index (κ1) is 20.1. The van der Waals surface area contributed by atoms with Crippen LogP contribution in [0, 0.1) is 5.82 Å². The molecule has 0 unspecified atom stereocenters. The van der Waals surface area contributed by atoms with E-state index in [1.807, 2.05) is 34.9 Å². The van der Waals surface area contributed by atoms with Gasteiger partial charge in [-0.25, -0.2) is 14.4 Å². The monoisotopic (exact) mass is 431 g/mol. The van der Waals surface area contributed by atoms with E-state index >= 15 is 0 Å². The number of anilines is 2. The van der Waals surface area contributed by atoms with Gasteiger partial charge in [-0.3, -0.25) is 9.20 Å². The Balaban J connectivity index is 1.69. The van der Waals surface area contributed by atoms with E-state index in [4.69, 9.17) is 9.72 Å². The number of hydrogen-bond acceptors (Lipinski definition) is 5. The molecule has 2 aromatic carbocycles. The summed E-state index contributed by atoms with van der Waals surface area (Å²) in [6.45, 7) is 4.25. The molecule has 0 aliphatic carbocycles. The smallest absolute Gasteiger partial charge is 0.221 e. The summed E-state index contributed by atoms with van der Waals surface area (Å²) in [5.41, 5.74) is 4.79. The van der Waals surface area contributed by atoms with Crippen molar-refractivity contribution in [2.24, 2.45) is 0 Å². The summed E-state index contributed by atoms with van der Waals surface area (Å²) in [7, 11) is 0. The predicted octanol–water partition coefficient (Wildman–Crippen LogP) is 4.00. The number of imidazole rings is 1. The Morgan fingerprint density at radius 3 is 2.41 bits per heavy atom. The van der Waals surface area contributed by atoms with Crippen molar-refractivity contribution in [2.45, 2.75) is 6.92 Å². The number of halogens is 1. The van der Waals surface area contributed by atoms with Crippen LogP contribution in [0.15, 0.2) is 60.9 Å². The molecule has 0 atom stereocenters. The summed E-state index contributed by atoms with van der Waals surface area (Å²) in [6.07, 6.45) is 3.65. The Morgan fingerprint density at radius 1 is 1.03 bits per heavy atom. The second-order valence-corrected chi connectivity index (χ2v) is 7.62. The van der Waals surface area contributed by atoms with Crippen LogP contribution >= 0.6 is 0 Å². The second-order valence-electron chi connectivity index (χ2n) is 7.62. The highest BCUT2D eigenvalue weighted by Crippen LogP contribution is 2.35. The molecule has 162 valence electrons. The van der Waals surface area contributed by atoms with Gasteiger partial charge in [0.2, 0.25) is 5.91 Å². The van der Waals surface area contributed by atoms with Crippen LogP contribution in [0.5, 0.6) is 0 Å². The van der Waals surface area contributed by atoms with Crippen LogP contribution in [-0.4, -0.2) is 46.6 Å². The molecule has 1 saturated heterocycles. The van der Waals surface area contributed by atoms with Gasteiger partial charge >= 0.3 is 0 Å². The number of aromatic nitrogens is 3. The van der Waals surface area contributed by atoms with E-state index in [2.05, 4.69) is 15.2 Å². The van der Waals surface area contributed by atoms with Gasteiger partial charge in [-0.15, -0.1) is 0 Å². The lowest BCUT2D eigenvalue weighted by atomic mass is 10.0. The summed E-state index contributed by atoms with van der Waals surface area (Å²) >= 11 is 0. The molecule has 0 saturated carbocycles. The molecular weight excluding hydrogens is 409 g/mol. The van der Waals surface area contributed by atoms with Crippen LogP contribution in [0.1, 0.15) is 6.92 Å². The normalized spacial score (nSPS) is 14.0. The fourth-order valence-corrected chi connectivity index (χ4v) is 3.96. The molecule has 1 aliphatic heterocycles. The Morgan fingerprint density at radius 2 is 1.72 bits per heavy atom. The summed E-state index contributed by atoms with van der Waals surface area (Å²) in [4.78, 5) is 23.1. The molecule has 1 fully saturated rings. The maximum atomic E-state index is 13.6. The Bertz CT molecular complexity index is 1260. The lowest BCUT2D eigenvalue weighted by Gasteiger charge is -2.27.